The predicted molar refractivity (Wildman–Crippen MR) is 81.5 cm³/mol. The maximum atomic E-state index is 13.5. The van der Waals surface area contributed by atoms with Gasteiger partial charge in [-0.1, -0.05) is 18.2 Å². The summed E-state index contributed by atoms with van der Waals surface area (Å²) in [5.41, 5.74) is 0.215. The fraction of sp³-hybridized carbons (Fsp3) is 0. The zero-order valence-electron chi connectivity index (χ0n) is 10.2. The molecule has 0 bridgehead atoms. The Labute approximate surface area is 123 Å². The van der Waals surface area contributed by atoms with Crippen LogP contribution in [0.1, 0.15) is 4.88 Å². The van der Waals surface area contributed by atoms with Gasteiger partial charge in [0.1, 0.15) is 11.5 Å². The molecule has 0 spiro atoms. The number of para-hydroxylation sites is 1. The van der Waals surface area contributed by atoms with E-state index in [9.17, 15) is 9.18 Å². The van der Waals surface area contributed by atoms with E-state index in [1.807, 2.05) is 17.5 Å². The summed E-state index contributed by atoms with van der Waals surface area (Å²) >= 11 is 2.76. The highest BCUT2D eigenvalue weighted by atomic mass is 32.2. The topological polar surface area (TPSA) is 41.5 Å². The van der Waals surface area contributed by atoms with Gasteiger partial charge in [0.05, 0.1) is 4.91 Å². The van der Waals surface area contributed by atoms with Gasteiger partial charge >= 0.3 is 0 Å². The Morgan fingerprint density at radius 2 is 2.05 bits per heavy atom. The molecule has 100 valence electrons. The molecule has 0 radical (unpaired) electrons. The van der Waals surface area contributed by atoms with Crippen LogP contribution in [0.5, 0.6) is 0 Å². The van der Waals surface area contributed by atoms with E-state index in [2.05, 4.69) is 10.3 Å². The number of hydrogen-bond donors (Lipinski definition) is 1. The summed E-state index contributed by atoms with van der Waals surface area (Å²) in [7, 11) is 0. The molecule has 20 heavy (non-hydrogen) atoms. The summed E-state index contributed by atoms with van der Waals surface area (Å²) in [5, 5.41) is 4.97. The summed E-state index contributed by atoms with van der Waals surface area (Å²) < 4.78 is 13.5. The fourth-order valence-electron chi connectivity index (χ4n) is 1.63. The molecule has 3 nitrogen and oxygen atoms in total. The second-order valence-electron chi connectivity index (χ2n) is 3.95. The molecule has 2 heterocycles. The first kappa shape index (κ1) is 13.1. The zero-order chi connectivity index (χ0) is 13.9. The Hall–Kier alpha value is -1.92. The molecule has 0 saturated carbocycles. The van der Waals surface area contributed by atoms with E-state index in [0.717, 1.165) is 4.88 Å². The monoisotopic (exact) mass is 304 g/mol. The molecule has 0 aliphatic carbocycles. The van der Waals surface area contributed by atoms with E-state index in [1.54, 1.807) is 35.6 Å². The van der Waals surface area contributed by atoms with Gasteiger partial charge < -0.3 is 5.32 Å². The number of aliphatic imine (C=N–C) groups is 1. The Kier molecular flexibility index (Phi) is 3.66. The minimum atomic E-state index is -0.412. The van der Waals surface area contributed by atoms with Gasteiger partial charge in [0.25, 0.3) is 5.91 Å². The molecule has 2 aromatic rings. The second kappa shape index (κ2) is 5.60. The Morgan fingerprint density at radius 1 is 1.20 bits per heavy atom. The zero-order valence-corrected chi connectivity index (χ0v) is 11.8. The number of thiophene rings is 1. The van der Waals surface area contributed by atoms with E-state index in [4.69, 9.17) is 0 Å². The molecule has 1 aliphatic rings. The predicted octanol–water partition coefficient (Wildman–Crippen LogP) is 3.78. The number of carbonyl (C=O) groups is 1. The summed E-state index contributed by atoms with van der Waals surface area (Å²) in [6, 6.07) is 10.0. The minimum Gasteiger partial charge on any atom is -0.300 e. The van der Waals surface area contributed by atoms with Crippen molar-refractivity contribution in [2.45, 2.75) is 0 Å². The highest BCUT2D eigenvalue weighted by molar-refractivity contribution is 8.18. The molecule has 3 rings (SSSR count). The number of amidine groups is 1. The van der Waals surface area contributed by atoms with Gasteiger partial charge in [0, 0.05) is 4.88 Å². The van der Waals surface area contributed by atoms with Crippen molar-refractivity contribution in [2.75, 3.05) is 0 Å². The molecule has 0 atom stereocenters. The lowest BCUT2D eigenvalue weighted by molar-refractivity contribution is -0.115. The summed E-state index contributed by atoms with van der Waals surface area (Å²) in [4.78, 5) is 17.5. The van der Waals surface area contributed by atoms with Gasteiger partial charge in [0.15, 0.2) is 5.17 Å². The van der Waals surface area contributed by atoms with Gasteiger partial charge in [-0.15, -0.1) is 11.3 Å². The van der Waals surface area contributed by atoms with Crippen LogP contribution in [0.2, 0.25) is 0 Å². The van der Waals surface area contributed by atoms with Gasteiger partial charge in [-0.2, -0.15) is 0 Å². The highest BCUT2D eigenvalue weighted by Gasteiger charge is 2.24. The molecule has 0 unspecified atom stereocenters. The number of carbonyl (C=O) groups excluding carboxylic acids is 1. The van der Waals surface area contributed by atoms with Crippen molar-refractivity contribution in [3.8, 4) is 0 Å². The Balaban J connectivity index is 1.85. The smallest absolute Gasteiger partial charge is 0.264 e. The number of thioether (sulfide) groups is 1. The number of benzene rings is 1. The van der Waals surface area contributed by atoms with Crippen LogP contribution in [0.25, 0.3) is 6.08 Å². The van der Waals surface area contributed by atoms with Crippen molar-refractivity contribution in [3.63, 3.8) is 0 Å². The van der Waals surface area contributed by atoms with Gasteiger partial charge in [0.2, 0.25) is 0 Å². The molecule has 1 fully saturated rings. The van der Waals surface area contributed by atoms with Crippen LogP contribution in [0.4, 0.5) is 10.1 Å². The largest absolute Gasteiger partial charge is 0.300 e. The molecule has 1 amide bonds. The van der Waals surface area contributed by atoms with E-state index in [-0.39, 0.29) is 11.6 Å². The van der Waals surface area contributed by atoms with E-state index in [1.165, 1.54) is 17.8 Å². The van der Waals surface area contributed by atoms with Crippen molar-refractivity contribution in [3.05, 3.63) is 57.4 Å². The maximum Gasteiger partial charge on any atom is 0.264 e. The average Bonchev–Trinajstić information content (AvgIpc) is 3.04. The van der Waals surface area contributed by atoms with E-state index < -0.39 is 5.82 Å². The minimum absolute atomic E-state index is 0.210. The van der Waals surface area contributed by atoms with Crippen molar-refractivity contribution in [1.82, 2.24) is 5.32 Å². The van der Waals surface area contributed by atoms with Crippen molar-refractivity contribution >= 4 is 45.9 Å². The van der Waals surface area contributed by atoms with Crippen LogP contribution in [-0.4, -0.2) is 11.1 Å². The number of hydrogen-bond acceptors (Lipinski definition) is 4. The van der Waals surface area contributed by atoms with E-state index >= 15 is 0 Å². The molecule has 1 aromatic carbocycles. The summed E-state index contributed by atoms with van der Waals surface area (Å²) in [5.74, 6) is -0.621. The third kappa shape index (κ3) is 2.81. The fourth-order valence-corrected chi connectivity index (χ4v) is 3.19. The number of nitrogens with zero attached hydrogens (tertiary/aromatic N) is 1. The standard InChI is InChI=1S/C14H9FN2OS2/c15-10-5-1-2-6-11(10)16-14-17-13(18)12(20-14)8-9-4-3-7-19-9/h1-8H,(H,16,17,18)/b12-8-. The normalized spacial score (nSPS) is 18.8. The summed E-state index contributed by atoms with van der Waals surface area (Å²) in [6.45, 7) is 0. The third-order valence-corrected chi connectivity index (χ3v) is 4.27. The van der Waals surface area contributed by atoms with Crippen LogP contribution in [0.3, 0.4) is 0 Å². The molecule has 6 heteroatoms. The molecule has 1 N–H and O–H groups in total. The van der Waals surface area contributed by atoms with Crippen LogP contribution in [0, 0.1) is 5.82 Å². The Morgan fingerprint density at radius 3 is 2.80 bits per heavy atom. The quantitative estimate of drug-likeness (QED) is 0.858. The third-order valence-electron chi connectivity index (χ3n) is 2.54. The first-order valence-corrected chi connectivity index (χ1v) is 7.49. The van der Waals surface area contributed by atoms with Crippen molar-refractivity contribution in [2.24, 2.45) is 4.99 Å². The van der Waals surface area contributed by atoms with Crippen molar-refractivity contribution in [1.29, 1.82) is 0 Å². The SMILES string of the molecule is O=C1NC(=Nc2ccccc2F)S/C1=C\c1cccs1. The average molecular weight is 304 g/mol. The van der Waals surface area contributed by atoms with Crippen LogP contribution >= 0.6 is 23.1 Å². The number of halogens is 1. The highest BCUT2D eigenvalue weighted by Crippen LogP contribution is 2.29. The number of amides is 1. The molecule has 1 aliphatic heterocycles. The molecule has 1 saturated heterocycles. The maximum absolute atomic E-state index is 13.5. The molecular weight excluding hydrogens is 295 g/mol. The molecule has 1 aromatic heterocycles. The number of rotatable bonds is 2. The lowest BCUT2D eigenvalue weighted by atomic mass is 10.3. The first-order chi connectivity index (χ1) is 9.72. The van der Waals surface area contributed by atoms with Gasteiger partial charge in [-0.3, -0.25) is 4.79 Å². The van der Waals surface area contributed by atoms with Gasteiger partial charge in [-0.05, 0) is 41.4 Å². The summed E-state index contributed by atoms with van der Waals surface area (Å²) in [6.07, 6.45) is 1.80. The lowest BCUT2D eigenvalue weighted by Crippen LogP contribution is -2.19. The van der Waals surface area contributed by atoms with Crippen LogP contribution < -0.4 is 5.32 Å². The first-order valence-electron chi connectivity index (χ1n) is 5.80. The number of nitrogens with one attached hydrogen (secondary N) is 1. The van der Waals surface area contributed by atoms with Gasteiger partial charge in [-0.25, -0.2) is 9.38 Å². The van der Waals surface area contributed by atoms with Crippen molar-refractivity contribution < 1.29 is 9.18 Å². The van der Waals surface area contributed by atoms with Crippen LogP contribution in [-0.2, 0) is 4.79 Å². The van der Waals surface area contributed by atoms with E-state index in [0.29, 0.717) is 10.1 Å². The van der Waals surface area contributed by atoms with Crippen LogP contribution in [0.15, 0.2) is 51.7 Å². The Bertz CT molecular complexity index is 708. The lowest BCUT2D eigenvalue weighted by Gasteiger charge is -1.97. The second-order valence-corrected chi connectivity index (χ2v) is 5.96. The molecular formula is C14H9FN2OS2.